The zero-order valence-electron chi connectivity index (χ0n) is 12.2. The van der Waals surface area contributed by atoms with Crippen LogP contribution in [0.25, 0.3) is 0 Å². The highest BCUT2D eigenvalue weighted by Crippen LogP contribution is 2.15. The van der Waals surface area contributed by atoms with Crippen LogP contribution < -0.4 is 5.73 Å². The molecule has 0 spiro atoms. The van der Waals surface area contributed by atoms with E-state index in [1.165, 1.54) is 0 Å². The van der Waals surface area contributed by atoms with E-state index in [1.807, 2.05) is 13.8 Å². The molecule has 1 aromatic rings. The predicted molar refractivity (Wildman–Crippen MR) is 74.9 cm³/mol. The standard InChI is InChI=1S/C13H21N5O2/c1-9-13(14)10(2)18(15-9)8-12(20)17-6-4-16(5-7-17)11(3)19/h4-8,14H2,1-3H3. The number of nitrogen functional groups attached to an aromatic ring is 1. The number of carbonyl (C=O) groups is 2. The lowest BCUT2D eigenvalue weighted by molar-refractivity contribution is -0.138. The molecule has 0 aromatic carbocycles. The maximum absolute atomic E-state index is 12.2. The van der Waals surface area contributed by atoms with Crippen LogP contribution in [0.4, 0.5) is 5.69 Å². The summed E-state index contributed by atoms with van der Waals surface area (Å²) in [6, 6.07) is 0. The van der Waals surface area contributed by atoms with E-state index in [-0.39, 0.29) is 18.4 Å². The lowest BCUT2D eigenvalue weighted by Crippen LogP contribution is -2.50. The van der Waals surface area contributed by atoms with Crippen LogP contribution in [0.3, 0.4) is 0 Å². The molecule has 0 aliphatic carbocycles. The van der Waals surface area contributed by atoms with Gasteiger partial charge in [-0.05, 0) is 13.8 Å². The van der Waals surface area contributed by atoms with Gasteiger partial charge < -0.3 is 15.5 Å². The average Bonchev–Trinajstić information content (AvgIpc) is 2.66. The molecule has 1 fully saturated rings. The first-order valence-electron chi connectivity index (χ1n) is 6.73. The van der Waals surface area contributed by atoms with Crippen molar-refractivity contribution in [3.63, 3.8) is 0 Å². The summed E-state index contributed by atoms with van der Waals surface area (Å²) >= 11 is 0. The Morgan fingerprint density at radius 2 is 1.70 bits per heavy atom. The third kappa shape index (κ3) is 2.76. The number of hydrogen-bond acceptors (Lipinski definition) is 4. The fourth-order valence-corrected chi connectivity index (χ4v) is 2.36. The van der Waals surface area contributed by atoms with Crippen LogP contribution in [-0.4, -0.2) is 57.6 Å². The van der Waals surface area contributed by atoms with Crippen molar-refractivity contribution in [3.05, 3.63) is 11.4 Å². The van der Waals surface area contributed by atoms with Crippen molar-refractivity contribution in [1.29, 1.82) is 0 Å². The van der Waals surface area contributed by atoms with E-state index in [2.05, 4.69) is 5.10 Å². The van der Waals surface area contributed by atoms with Gasteiger partial charge in [-0.15, -0.1) is 0 Å². The normalized spacial score (nSPS) is 15.6. The molecule has 7 heteroatoms. The summed E-state index contributed by atoms with van der Waals surface area (Å²) in [5.41, 5.74) is 8.06. The molecular weight excluding hydrogens is 258 g/mol. The Hall–Kier alpha value is -2.05. The molecule has 2 N–H and O–H groups in total. The minimum absolute atomic E-state index is 0.0128. The fourth-order valence-electron chi connectivity index (χ4n) is 2.36. The second-order valence-corrected chi connectivity index (χ2v) is 5.13. The highest BCUT2D eigenvalue weighted by atomic mass is 16.2. The summed E-state index contributed by atoms with van der Waals surface area (Å²) in [7, 11) is 0. The summed E-state index contributed by atoms with van der Waals surface area (Å²) in [6.45, 7) is 7.78. The van der Waals surface area contributed by atoms with Crippen molar-refractivity contribution in [3.8, 4) is 0 Å². The number of anilines is 1. The van der Waals surface area contributed by atoms with E-state index in [1.54, 1.807) is 21.4 Å². The Bertz CT molecular complexity index is 529. The Morgan fingerprint density at radius 3 is 2.15 bits per heavy atom. The summed E-state index contributed by atoms with van der Waals surface area (Å²) in [6.07, 6.45) is 0. The van der Waals surface area contributed by atoms with E-state index >= 15 is 0 Å². The van der Waals surface area contributed by atoms with Crippen LogP contribution in [0.2, 0.25) is 0 Å². The minimum Gasteiger partial charge on any atom is -0.396 e. The lowest BCUT2D eigenvalue weighted by Gasteiger charge is -2.34. The highest BCUT2D eigenvalue weighted by Gasteiger charge is 2.23. The molecule has 20 heavy (non-hydrogen) atoms. The Kier molecular flexibility index (Phi) is 3.96. The maximum atomic E-state index is 12.2. The van der Waals surface area contributed by atoms with Gasteiger partial charge in [0.1, 0.15) is 6.54 Å². The first kappa shape index (κ1) is 14.4. The Labute approximate surface area is 118 Å². The topological polar surface area (TPSA) is 84.5 Å². The second kappa shape index (κ2) is 5.52. The monoisotopic (exact) mass is 279 g/mol. The number of hydrogen-bond donors (Lipinski definition) is 1. The number of amides is 2. The van der Waals surface area contributed by atoms with E-state index in [0.717, 1.165) is 11.4 Å². The molecule has 0 unspecified atom stereocenters. The largest absolute Gasteiger partial charge is 0.396 e. The number of nitrogens with two attached hydrogens (primary N) is 1. The van der Waals surface area contributed by atoms with Crippen LogP contribution in [0.1, 0.15) is 18.3 Å². The van der Waals surface area contributed by atoms with Gasteiger partial charge in [0.25, 0.3) is 0 Å². The maximum Gasteiger partial charge on any atom is 0.244 e. The third-order valence-electron chi connectivity index (χ3n) is 3.80. The molecule has 1 aromatic heterocycles. The molecule has 1 saturated heterocycles. The van der Waals surface area contributed by atoms with Crippen molar-refractivity contribution in [2.75, 3.05) is 31.9 Å². The highest BCUT2D eigenvalue weighted by molar-refractivity contribution is 5.77. The SMILES string of the molecule is CC(=O)N1CCN(C(=O)Cn2nc(C)c(N)c2C)CC1. The van der Waals surface area contributed by atoms with Crippen LogP contribution in [-0.2, 0) is 16.1 Å². The van der Waals surface area contributed by atoms with E-state index in [0.29, 0.717) is 31.9 Å². The van der Waals surface area contributed by atoms with Gasteiger partial charge >= 0.3 is 0 Å². The van der Waals surface area contributed by atoms with Crippen molar-refractivity contribution in [2.24, 2.45) is 0 Å². The number of aryl methyl sites for hydroxylation is 1. The first-order chi connectivity index (χ1) is 9.40. The molecule has 7 nitrogen and oxygen atoms in total. The average molecular weight is 279 g/mol. The fraction of sp³-hybridized carbons (Fsp3) is 0.615. The molecule has 2 amide bonds. The molecule has 0 bridgehead atoms. The molecule has 1 aliphatic heterocycles. The summed E-state index contributed by atoms with van der Waals surface area (Å²) < 4.78 is 1.64. The van der Waals surface area contributed by atoms with Crippen molar-refractivity contribution >= 4 is 17.5 Å². The van der Waals surface area contributed by atoms with Crippen molar-refractivity contribution in [2.45, 2.75) is 27.3 Å². The minimum atomic E-state index is 0.0128. The van der Waals surface area contributed by atoms with Crippen LogP contribution in [0.15, 0.2) is 0 Å². The van der Waals surface area contributed by atoms with Gasteiger partial charge in [0.15, 0.2) is 0 Å². The Balaban J connectivity index is 1.96. The zero-order valence-corrected chi connectivity index (χ0v) is 12.2. The lowest BCUT2D eigenvalue weighted by atomic mass is 10.3. The number of carbonyl (C=O) groups excluding carboxylic acids is 2. The van der Waals surface area contributed by atoms with Gasteiger partial charge in [-0.3, -0.25) is 14.3 Å². The third-order valence-corrected chi connectivity index (χ3v) is 3.80. The van der Waals surface area contributed by atoms with Gasteiger partial charge in [-0.25, -0.2) is 0 Å². The summed E-state index contributed by atoms with van der Waals surface area (Å²) in [5, 5.41) is 4.27. The number of piperazine rings is 1. The molecule has 110 valence electrons. The van der Waals surface area contributed by atoms with Crippen LogP contribution >= 0.6 is 0 Å². The number of nitrogens with zero attached hydrogens (tertiary/aromatic N) is 4. The molecular formula is C13H21N5O2. The smallest absolute Gasteiger partial charge is 0.244 e. The zero-order chi connectivity index (χ0) is 14.9. The van der Waals surface area contributed by atoms with Crippen LogP contribution in [0.5, 0.6) is 0 Å². The predicted octanol–water partition coefficient (Wildman–Crippen LogP) is -0.227. The molecule has 2 heterocycles. The van der Waals surface area contributed by atoms with Gasteiger partial charge in [0.05, 0.1) is 17.1 Å². The molecule has 1 aliphatic rings. The van der Waals surface area contributed by atoms with Crippen molar-refractivity contribution < 1.29 is 9.59 Å². The number of aromatic nitrogens is 2. The molecule has 0 radical (unpaired) electrons. The second-order valence-electron chi connectivity index (χ2n) is 5.13. The molecule has 0 saturated carbocycles. The number of rotatable bonds is 2. The van der Waals surface area contributed by atoms with Gasteiger partial charge in [0, 0.05) is 33.1 Å². The summed E-state index contributed by atoms with van der Waals surface area (Å²) in [5.74, 6) is 0.0715. The molecule has 2 rings (SSSR count). The Morgan fingerprint density at radius 1 is 1.15 bits per heavy atom. The van der Waals surface area contributed by atoms with Gasteiger partial charge in [-0.2, -0.15) is 5.10 Å². The quantitative estimate of drug-likeness (QED) is 0.810. The van der Waals surface area contributed by atoms with Crippen LogP contribution in [0, 0.1) is 13.8 Å². The summed E-state index contributed by atoms with van der Waals surface area (Å²) in [4.78, 5) is 27.0. The van der Waals surface area contributed by atoms with E-state index < -0.39 is 0 Å². The van der Waals surface area contributed by atoms with Gasteiger partial charge in [0.2, 0.25) is 11.8 Å². The van der Waals surface area contributed by atoms with Gasteiger partial charge in [-0.1, -0.05) is 0 Å². The van der Waals surface area contributed by atoms with E-state index in [9.17, 15) is 9.59 Å². The first-order valence-corrected chi connectivity index (χ1v) is 6.73. The van der Waals surface area contributed by atoms with Crippen molar-refractivity contribution in [1.82, 2.24) is 19.6 Å². The molecule has 0 atom stereocenters. The van der Waals surface area contributed by atoms with E-state index in [4.69, 9.17) is 5.73 Å².